The number of ether oxygens (including phenoxy) is 1. The maximum Gasteiger partial charge on any atom is 0.131 e. The molecule has 3 rings (SSSR count). The fourth-order valence-electron chi connectivity index (χ4n) is 2.46. The minimum Gasteiger partial charge on any atom is -0.377 e. The van der Waals surface area contributed by atoms with Crippen LogP contribution in [-0.4, -0.2) is 18.2 Å². The van der Waals surface area contributed by atoms with Crippen LogP contribution in [0.25, 0.3) is 10.9 Å². The molecule has 3 nitrogen and oxygen atoms in total. The Labute approximate surface area is 93.6 Å². The summed E-state index contributed by atoms with van der Waals surface area (Å²) < 4.78 is 5.22. The van der Waals surface area contributed by atoms with Gasteiger partial charge >= 0.3 is 0 Å². The molecular weight excluding hydrogens is 200 g/mol. The summed E-state index contributed by atoms with van der Waals surface area (Å²) in [6.07, 6.45) is 0. The summed E-state index contributed by atoms with van der Waals surface area (Å²) in [5.74, 6) is 0. The summed E-state index contributed by atoms with van der Waals surface area (Å²) >= 11 is 0. The van der Waals surface area contributed by atoms with Gasteiger partial charge in [-0.2, -0.15) is 5.26 Å². The molecule has 0 aliphatic carbocycles. The number of aromatic amines is 1. The van der Waals surface area contributed by atoms with Gasteiger partial charge in [-0.15, -0.1) is 0 Å². The van der Waals surface area contributed by atoms with E-state index in [2.05, 4.69) is 17.1 Å². The van der Waals surface area contributed by atoms with Gasteiger partial charge in [0.25, 0.3) is 0 Å². The lowest BCUT2D eigenvalue weighted by atomic mass is 9.78. The van der Waals surface area contributed by atoms with E-state index in [9.17, 15) is 5.26 Å². The average Bonchev–Trinajstić information content (AvgIpc) is 2.56. The summed E-state index contributed by atoms with van der Waals surface area (Å²) in [7, 11) is 0. The predicted molar refractivity (Wildman–Crippen MR) is 61.1 cm³/mol. The summed E-state index contributed by atoms with van der Waals surface area (Å²) in [5, 5.41) is 10.5. The van der Waals surface area contributed by atoms with Crippen molar-refractivity contribution in [2.75, 3.05) is 13.2 Å². The maximum absolute atomic E-state index is 9.35. The lowest BCUT2D eigenvalue weighted by molar-refractivity contribution is -0.0294. The van der Waals surface area contributed by atoms with Crippen LogP contribution in [0.2, 0.25) is 0 Å². The van der Waals surface area contributed by atoms with E-state index < -0.39 is 5.41 Å². The number of nitrogens with one attached hydrogen (secondary N) is 1. The Morgan fingerprint density at radius 3 is 2.75 bits per heavy atom. The van der Waals surface area contributed by atoms with Crippen molar-refractivity contribution in [3.63, 3.8) is 0 Å². The molecule has 2 heterocycles. The summed E-state index contributed by atoms with van der Waals surface area (Å²) in [6, 6.07) is 10.5. The molecule has 1 aliphatic heterocycles. The Kier molecular flexibility index (Phi) is 1.83. The number of fused-ring (bicyclic) bond motifs is 1. The molecule has 0 spiro atoms. The second-order valence-corrected chi connectivity index (χ2v) is 4.36. The second kappa shape index (κ2) is 3.10. The summed E-state index contributed by atoms with van der Waals surface area (Å²) in [6.45, 7) is 3.03. The van der Waals surface area contributed by atoms with E-state index in [1.165, 1.54) is 0 Å². The van der Waals surface area contributed by atoms with Gasteiger partial charge in [0.15, 0.2) is 0 Å². The lowest BCUT2D eigenvalue weighted by Crippen LogP contribution is -2.45. The standard InChI is InChI=1S/C13H12N2O/c1-9-12(13(6-14)7-16-8-13)10-4-2-3-5-11(10)15-9/h2-5,15H,7-8H2,1H3. The van der Waals surface area contributed by atoms with Gasteiger partial charge in [0.05, 0.1) is 19.3 Å². The molecular formula is C13H12N2O. The monoisotopic (exact) mass is 212 g/mol. The fourth-order valence-corrected chi connectivity index (χ4v) is 2.46. The van der Waals surface area contributed by atoms with E-state index in [1.807, 2.05) is 25.1 Å². The molecule has 2 aromatic rings. The van der Waals surface area contributed by atoms with E-state index in [0.717, 1.165) is 22.2 Å². The minimum atomic E-state index is -0.441. The Hall–Kier alpha value is -1.79. The Morgan fingerprint density at radius 2 is 2.12 bits per heavy atom. The number of benzene rings is 1. The van der Waals surface area contributed by atoms with Crippen molar-refractivity contribution in [3.8, 4) is 6.07 Å². The molecule has 1 N–H and O–H groups in total. The third-order valence-corrected chi connectivity index (χ3v) is 3.28. The normalized spacial score (nSPS) is 18.0. The van der Waals surface area contributed by atoms with E-state index >= 15 is 0 Å². The van der Waals surface area contributed by atoms with Crippen molar-refractivity contribution in [1.29, 1.82) is 5.26 Å². The highest BCUT2D eigenvalue weighted by molar-refractivity contribution is 5.86. The van der Waals surface area contributed by atoms with Crippen molar-refractivity contribution < 1.29 is 4.74 Å². The lowest BCUT2D eigenvalue weighted by Gasteiger charge is -2.35. The highest BCUT2D eigenvalue weighted by Gasteiger charge is 2.43. The highest BCUT2D eigenvalue weighted by Crippen LogP contribution is 2.38. The van der Waals surface area contributed by atoms with Gasteiger partial charge in [0.2, 0.25) is 0 Å². The highest BCUT2D eigenvalue weighted by atomic mass is 16.5. The van der Waals surface area contributed by atoms with Crippen molar-refractivity contribution >= 4 is 10.9 Å². The van der Waals surface area contributed by atoms with E-state index in [4.69, 9.17) is 4.74 Å². The molecule has 0 bridgehead atoms. The first-order valence-corrected chi connectivity index (χ1v) is 5.34. The molecule has 0 unspecified atom stereocenters. The number of para-hydroxylation sites is 1. The van der Waals surface area contributed by atoms with Crippen LogP contribution in [0.5, 0.6) is 0 Å². The number of H-pyrrole nitrogens is 1. The van der Waals surface area contributed by atoms with Gasteiger partial charge < -0.3 is 9.72 Å². The zero-order chi connectivity index (χ0) is 11.2. The first-order chi connectivity index (χ1) is 7.77. The maximum atomic E-state index is 9.35. The fraction of sp³-hybridized carbons (Fsp3) is 0.308. The molecule has 1 aliphatic rings. The number of aromatic nitrogens is 1. The largest absolute Gasteiger partial charge is 0.377 e. The van der Waals surface area contributed by atoms with E-state index in [-0.39, 0.29) is 0 Å². The zero-order valence-electron chi connectivity index (χ0n) is 9.08. The second-order valence-electron chi connectivity index (χ2n) is 4.36. The number of nitrogens with zero attached hydrogens (tertiary/aromatic N) is 1. The molecule has 0 amide bonds. The van der Waals surface area contributed by atoms with Crippen LogP contribution in [-0.2, 0) is 10.2 Å². The third-order valence-electron chi connectivity index (χ3n) is 3.28. The molecule has 1 aromatic carbocycles. The quantitative estimate of drug-likeness (QED) is 0.788. The predicted octanol–water partition coefficient (Wildman–Crippen LogP) is 2.27. The molecule has 16 heavy (non-hydrogen) atoms. The van der Waals surface area contributed by atoms with Crippen LogP contribution in [0.15, 0.2) is 24.3 Å². The topological polar surface area (TPSA) is 48.8 Å². The van der Waals surface area contributed by atoms with Crippen LogP contribution in [0.3, 0.4) is 0 Å². The van der Waals surface area contributed by atoms with E-state index in [1.54, 1.807) is 0 Å². The zero-order valence-corrected chi connectivity index (χ0v) is 9.08. The number of nitriles is 1. The Bertz CT molecular complexity index is 587. The SMILES string of the molecule is Cc1[nH]c2ccccc2c1C1(C#N)COC1. The van der Waals surface area contributed by atoms with Crippen molar-refractivity contribution in [3.05, 3.63) is 35.5 Å². The van der Waals surface area contributed by atoms with Gasteiger partial charge in [0, 0.05) is 22.2 Å². The molecule has 1 fully saturated rings. The van der Waals surface area contributed by atoms with Gasteiger partial charge in [0.1, 0.15) is 5.41 Å². The molecule has 0 saturated carbocycles. The van der Waals surface area contributed by atoms with E-state index in [0.29, 0.717) is 13.2 Å². The van der Waals surface area contributed by atoms with Crippen LogP contribution >= 0.6 is 0 Å². The average molecular weight is 212 g/mol. The van der Waals surface area contributed by atoms with Gasteiger partial charge in [-0.3, -0.25) is 0 Å². The van der Waals surface area contributed by atoms with Crippen molar-refractivity contribution in [2.24, 2.45) is 0 Å². The molecule has 1 aromatic heterocycles. The molecule has 1 saturated heterocycles. The van der Waals surface area contributed by atoms with Crippen molar-refractivity contribution in [2.45, 2.75) is 12.3 Å². The summed E-state index contributed by atoms with van der Waals surface area (Å²) in [5.41, 5.74) is 2.84. The Morgan fingerprint density at radius 1 is 1.38 bits per heavy atom. The Balaban J connectivity index is 2.31. The first kappa shape index (κ1) is 9.44. The third kappa shape index (κ3) is 1.05. The molecule has 80 valence electrons. The van der Waals surface area contributed by atoms with Gasteiger partial charge in [-0.1, -0.05) is 18.2 Å². The summed E-state index contributed by atoms with van der Waals surface area (Å²) in [4.78, 5) is 3.33. The van der Waals surface area contributed by atoms with Crippen LogP contribution in [0.1, 0.15) is 11.3 Å². The molecule has 0 atom stereocenters. The van der Waals surface area contributed by atoms with Gasteiger partial charge in [-0.25, -0.2) is 0 Å². The van der Waals surface area contributed by atoms with Crippen LogP contribution in [0.4, 0.5) is 0 Å². The number of hydrogen-bond donors (Lipinski definition) is 1. The number of rotatable bonds is 1. The number of aryl methyl sites for hydroxylation is 1. The molecule has 0 radical (unpaired) electrons. The first-order valence-electron chi connectivity index (χ1n) is 5.34. The van der Waals surface area contributed by atoms with Crippen LogP contribution < -0.4 is 0 Å². The number of hydrogen-bond acceptors (Lipinski definition) is 2. The van der Waals surface area contributed by atoms with Crippen LogP contribution in [0, 0.1) is 18.3 Å². The van der Waals surface area contributed by atoms with Gasteiger partial charge in [-0.05, 0) is 13.0 Å². The smallest absolute Gasteiger partial charge is 0.131 e. The minimum absolute atomic E-state index is 0.441. The molecule has 3 heteroatoms. The van der Waals surface area contributed by atoms with Crippen molar-refractivity contribution in [1.82, 2.24) is 4.98 Å².